The van der Waals surface area contributed by atoms with Crippen LogP contribution < -0.4 is 0 Å². The largest absolute Gasteiger partial charge is 0.465 e. The first kappa shape index (κ1) is 14.8. The lowest BCUT2D eigenvalue weighted by Crippen LogP contribution is -2.47. The highest BCUT2D eigenvalue weighted by Crippen LogP contribution is 2.37. The van der Waals surface area contributed by atoms with E-state index >= 15 is 0 Å². The minimum Gasteiger partial charge on any atom is -0.465 e. The van der Waals surface area contributed by atoms with Gasteiger partial charge in [0.25, 0.3) is 0 Å². The van der Waals surface area contributed by atoms with Crippen LogP contribution in [0.2, 0.25) is 0 Å². The smallest absolute Gasteiger partial charge is 0.407 e. The van der Waals surface area contributed by atoms with Gasteiger partial charge in [0.05, 0.1) is 5.41 Å². The van der Waals surface area contributed by atoms with Crippen molar-refractivity contribution in [3.05, 3.63) is 0 Å². The number of amides is 1. The Morgan fingerprint density at radius 3 is 2.11 bits per heavy atom. The molecule has 5 nitrogen and oxygen atoms in total. The van der Waals surface area contributed by atoms with Gasteiger partial charge in [-0.3, -0.25) is 4.79 Å². The highest BCUT2D eigenvalue weighted by Gasteiger charge is 2.43. The summed E-state index contributed by atoms with van der Waals surface area (Å²) in [6.07, 6.45) is 0.869. The maximum atomic E-state index is 12.3. The number of carbonyl (C=O) groups is 2. The van der Waals surface area contributed by atoms with Crippen LogP contribution in [0, 0.1) is 5.41 Å². The van der Waals surface area contributed by atoms with E-state index in [1.54, 1.807) is 0 Å². The number of ether oxygens (including phenoxy) is 1. The molecule has 0 aromatic carbocycles. The number of hydrogen-bond acceptors (Lipinski definition) is 3. The first-order valence-corrected chi connectivity index (χ1v) is 6.41. The number of likely N-dealkylation sites (tertiary alicyclic amines) is 1. The fourth-order valence-electron chi connectivity index (χ4n) is 2.21. The molecule has 0 bridgehead atoms. The second kappa shape index (κ2) is 5.16. The summed E-state index contributed by atoms with van der Waals surface area (Å²) in [5.41, 5.74) is -1.01. The van der Waals surface area contributed by atoms with Gasteiger partial charge in [-0.25, -0.2) is 4.79 Å². The minimum absolute atomic E-state index is 0.192. The van der Waals surface area contributed by atoms with Crippen molar-refractivity contribution < 1.29 is 19.4 Å². The van der Waals surface area contributed by atoms with Crippen LogP contribution in [0.5, 0.6) is 0 Å². The van der Waals surface area contributed by atoms with Crippen molar-refractivity contribution in [2.75, 3.05) is 13.1 Å². The van der Waals surface area contributed by atoms with Crippen molar-refractivity contribution in [1.29, 1.82) is 0 Å². The Hall–Kier alpha value is -1.26. The summed E-state index contributed by atoms with van der Waals surface area (Å²) in [6, 6.07) is 0. The van der Waals surface area contributed by atoms with Crippen molar-refractivity contribution in [1.82, 2.24) is 4.90 Å². The lowest BCUT2D eigenvalue weighted by Gasteiger charge is -2.39. The van der Waals surface area contributed by atoms with Gasteiger partial charge in [-0.1, -0.05) is 6.92 Å². The molecule has 0 saturated carbocycles. The lowest BCUT2D eigenvalue weighted by molar-refractivity contribution is -0.171. The van der Waals surface area contributed by atoms with Crippen molar-refractivity contribution in [2.24, 2.45) is 5.41 Å². The SMILES string of the molecule is CCC1(C(=O)OC(C)(C)C)CCN(C(=O)O)CC1. The van der Waals surface area contributed by atoms with Gasteiger partial charge >= 0.3 is 12.1 Å². The quantitative estimate of drug-likeness (QED) is 0.772. The average molecular weight is 257 g/mol. The molecule has 1 fully saturated rings. The zero-order chi connectivity index (χ0) is 14.0. The number of esters is 1. The highest BCUT2D eigenvalue weighted by molar-refractivity contribution is 5.78. The summed E-state index contributed by atoms with van der Waals surface area (Å²) in [7, 11) is 0. The van der Waals surface area contributed by atoms with Gasteiger partial charge in [-0.2, -0.15) is 0 Å². The Kier molecular flexibility index (Phi) is 4.24. The molecule has 0 aliphatic carbocycles. The summed E-state index contributed by atoms with van der Waals surface area (Å²) in [5.74, 6) is -0.192. The van der Waals surface area contributed by atoms with Gasteiger partial charge in [0.2, 0.25) is 0 Å². The summed E-state index contributed by atoms with van der Waals surface area (Å²) in [5, 5.41) is 8.92. The number of nitrogens with zero attached hydrogens (tertiary/aromatic N) is 1. The molecular formula is C13H23NO4. The first-order chi connectivity index (χ1) is 8.20. The number of rotatable bonds is 2. The van der Waals surface area contributed by atoms with Crippen LogP contribution in [-0.2, 0) is 9.53 Å². The van der Waals surface area contributed by atoms with E-state index in [1.165, 1.54) is 4.90 Å². The third-order valence-corrected chi connectivity index (χ3v) is 3.50. The van der Waals surface area contributed by atoms with Crippen LogP contribution in [0.25, 0.3) is 0 Å². The summed E-state index contributed by atoms with van der Waals surface area (Å²) < 4.78 is 5.46. The molecule has 5 heteroatoms. The van der Waals surface area contributed by atoms with E-state index in [2.05, 4.69) is 0 Å². The molecule has 0 spiro atoms. The van der Waals surface area contributed by atoms with Crippen molar-refractivity contribution in [2.45, 2.75) is 52.6 Å². The topological polar surface area (TPSA) is 66.8 Å². The molecule has 0 radical (unpaired) electrons. The second-order valence-electron chi connectivity index (χ2n) is 5.91. The fraction of sp³-hybridized carbons (Fsp3) is 0.846. The summed E-state index contributed by atoms with van der Waals surface area (Å²) >= 11 is 0. The molecule has 0 aromatic heterocycles. The Balaban J connectivity index is 2.71. The molecule has 1 heterocycles. The van der Waals surface area contributed by atoms with Gasteiger partial charge < -0.3 is 14.7 Å². The number of hydrogen-bond donors (Lipinski definition) is 1. The molecule has 1 aliphatic heterocycles. The number of piperidine rings is 1. The molecule has 1 N–H and O–H groups in total. The zero-order valence-electron chi connectivity index (χ0n) is 11.7. The van der Waals surface area contributed by atoms with Gasteiger partial charge in [0, 0.05) is 13.1 Å². The fourth-order valence-corrected chi connectivity index (χ4v) is 2.21. The zero-order valence-corrected chi connectivity index (χ0v) is 11.7. The Bertz CT molecular complexity index is 324. The average Bonchev–Trinajstić information content (AvgIpc) is 2.26. The standard InChI is InChI=1S/C13H23NO4/c1-5-13(10(15)18-12(2,3)4)6-8-14(9-7-13)11(16)17/h5-9H2,1-4H3,(H,16,17). The Morgan fingerprint density at radius 2 is 1.78 bits per heavy atom. The van der Waals surface area contributed by atoms with Crippen molar-refractivity contribution in [3.63, 3.8) is 0 Å². The molecule has 18 heavy (non-hydrogen) atoms. The summed E-state index contributed by atoms with van der Waals surface area (Å²) in [6.45, 7) is 8.31. The van der Waals surface area contributed by atoms with Crippen LogP contribution in [0.4, 0.5) is 4.79 Å². The monoisotopic (exact) mass is 257 g/mol. The van der Waals surface area contributed by atoms with E-state index in [0.717, 1.165) is 0 Å². The highest BCUT2D eigenvalue weighted by atomic mass is 16.6. The van der Waals surface area contributed by atoms with E-state index in [0.29, 0.717) is 32.4 Å². The minimum atomic E-state index is -0.913. The van der Waals surface area contributed by atoms with Crippen molar-refractivity contribution >= 4 is 12.1 Å². The van der Waals surface area contributed by atoms with E-state index in [4.69, 9.17) is 9.84 Å². The van der Waals surface area contributed by atoms with Gasteiger partial charge in [-0.05, 0) is 40.0 Å². The predicted octanol–water partition coefficient (Wildman–Crippen LogP) is 2.50. The van der Waals surface area contributed by atoms with Crippen LogP contribution >= 0.6 is 0 Å². The van der Waals surface area contributed by atoms with Gasteiger partial charge in [0.15, 0.2) is 0 Å². The third-order valence-electron chi connectivity index (χ3n) is 3.50. The van der Waals surface area contributed by atoms with Crippen LogP contribution in [-0.4, -0.2) is 40.8 Å². The van der Waals surface area contributed by atoms with Crippen molar-refractivity contribution in [3.8, 4) is 0 Å². The van der Waals surface area contributed by atoms with E-state index in [1.807, 2.05) is 27.7 Å². The van der Waals surface area contributed by atoms with Crippen LogP contribution in [0.15, 0.2) is 0 Å². The van der Waals surface area contributed by atoms with Crippen LogP contribution in [0.1, 0.15) is 47.0 Å². The molecule has 1 amide bonds. The first-order valence-electron chi connectivity index (χ1n) is 6.41. The van der Waals surface area contributed by atoms with E-state index < -0.39 is 17.1 Å². The van der Waals surface area contributed by atoms with E-state index in [-0.39, 0.29) is 5.97 Å². The lowest BCUT2D eigenvalue weighted by atomic mass is 9.76. The Morgan fingerprint density at radius 1 is 1.28 bits per heavy atom. The van der Waals surface area contributed by atoms with Gasteiger partial charge in [-0.15, -0.1) is 0 Å². The van der Waals surface area contributed by atoms with Gasteiger partial charge in [0.1, 0.15) is 5.60 Å². The maximum absolute atomic E-state index is 12.3. The third kappa shape index (κ3) is 3.37. The number of carboxylic acid groups (broad SMARTS) is 1. The molecular weight excluding hydrogens is 234 g/mol. The molecule has 0 aromatic rings. The Labute approximate surface area is 108 Å². The normalized spacial score (nSPS) is 19.4. The molecule has 104 valence electrons. The maximum Gasteiger partial charge on any atom is 0.407 e. The molecule has 0 atom stereocenters. The second-order valence-corrected chi connectivity index (χ2v) is 5.91. The molecule has 0 unspecified atom stereocenters. The predicted molar refractivity (Wildman–Crippen MR) is 67.4 cm³/mol. The molecule has 1 rings (SSSR count). The molecule has 1 saturated heterocycles. The number of carbonyl (C=O) groups excluding carboxylic acids is 1. The van der Waals surface area contributed by atoms with E-state index in [9.17, 15) is 9.59 Å². The van der Waals surface area contributed by atoms with Crippen LogP contribution in [0.3, 0.4) is 0 Å². The molecule has 1 aliphatic rings. The summed E-state index contributed by atoms with van der Waals surface area (Å²) in [4.78, 5) is 24.5.